The summed E-state index contributed by atoms with van der Waals surface area (Å²) in [7, 11) is -3.03. The minimum Gasteiger partial charge on any atom is -0.505 e. The number of allylic oxidation sites excluding steroid dienone is 1. The lowest BCUT2D eigenvalue weighted by Crippen LogP contribution is -2.06. The highest BCUT2D eigenvalue weighted by atomic mass is 19.2. The quantitative estimate of drug-likeness (QED) is 0.138. The molecule has 28 heavy (non-hydrogen) atoms. The molecule has 0 spiro atoms. The first kappa shape index (κ1) is 17.9. The lowest BCUT2D eigenvalue weighted by atomic mass is 10.00. The molecular weight excluding hydrogens is 357 g/mol. The Balaban J connectivity index is 1.79. The van der Waals surface area contributed by atoms with Gasteiger partial charge in [-0.1, -0.05) is 66.7 Å². The molecule has 0 atom stereocenters. The van der Waals surface area contributed by atoms with Crippen LogP contribution in [0.15, 0.2) is 91.0 Å². The number of carbonyl (C=O) groups excluding carboxylic acids is 1. The van der Waals surface area contributed by atoms with Crippen LogP contribution in [0.1, 0.15) is 15.9 Å². The van der Waals surface area contributed by atoms with E-state index in [0.29, 0.717) is 11.1 Å². The van der Waals surface area contributed by atoms with Gasteiger partial charge in [0.05, 0.1) is 0 Å². The maximum absolute atomic E-state index is 13.0. The monoisotopic (exact) mass is 372 g/mol. The highest BCUT2D eigenvalue weighted by Crippen LogP contribution is 2.27. The first-order chi connectivity index (χ1) is 13.6. The molecule has 0 radical (unpaired) electrons. The first-order valence-electron chi connectivity index (χ1n) is 8.79. The van der Waals surface area contributed by atoms with Gasteiger partial charge in [0.15, 0.2) is 5.78 Å². The van der Waals surface area contributed by atoms with Gasteiger partial charge in [-0.2, -0.15) is 0 Å². The van der Waals surface area contributed by atoms with Gasteiger partial charge in [0, 0.05) is 17.2 Å². The lowest BCUT2D eigenvalue weighted by molar-refractivity contribution is 0.104. The fourth-order valence-electron chi connectivity index (χ4n) is 3.18. The fraction of sp³-hybridized carbons (Fsp3) is 0. The Hall–Kier alpha value is -3.47. The van der Waals surface area contributed by atoms with E-state index in [1.807, 2.05) is 42.5 Å². The Bertz CT molecular complexity index is 1190. The third-order valence-electron chi connectivity index (χ3n) is 4.53. The number of rotatable bonds is 5. The molecule has 0 bridgehead atoms. The molecule has 2 nitrogen and oxygen atoms in total. The highest BCUT2D eigenvalue weighted by Gasteiger charge is 2.21. The van der Waals surface area contributed by atoms with Crippen LogP contribution in [0.3, 0.4) is 0 Å². The first-order valence-corrected chi connectivity index (χ1v) is 8.79. The molecule has 0 amide bonds. The van der Waals surface area contributed by atoms with Crippen LogP contribution >= 0.6 is 0 Å². The zero-order chi connectivity index (χ0) is 19.5. The van der Waals surface area contributed by atoms with E-state index in [1.165, 1.54) is 0 Å². The van der Waals surface area contributed by atoms with Crippen LogP contribution in [0.25, 0.3) is 27.3 Å². The molecule has 0 N–H and O–H groups in total. The van der Waals surface area contributed by atoms with Gasteiger partial charge in [0.1, 0.15) is 5.76 Å². The number of benzene rings is 4. The molecule has 5 heteroatoms. The molecule has 0 saturated heterocycles. The second-order valence-electron chi connectivity index (χ2n) is 6.38. The van der Waals surface area contributed by atoms with Crippen molar-refractivity contribution in [2.45, 2.75) is 0 Å². The van der Waals surface area contributed by atoms with Gasteiger partial charge < -0.3 is 4.65 Å². The van der Waals surface area contributed by atoms with Crippen LogP contribution in [0.4, 0.5) is 8.63 Å². The molecular formula is C23H15BF2O2. The summed E-state index contributed by atoms with van der Waals surface area (Å²) in [5.74, 6) is -0.547. The molecule has 0 unspecified atom stereocenters. The summed E-state index contributed by atoms with van der Waals surface area (Å²) >= 11 is 0. The van der Waals surface area contributed by atoms with Gasteiger partial charge in [0.2, 0.25) is 0 Å². The Morgan fingerprint density at radius 1 is 0.714 bits per heavy atom. The molecule has 0 aliphatic heterocycles. The summed E-state index contributed by atoms with van der Waals surface area (Å²) in [5.41, 5.74) is 0.831. The number of carbonyl (C=O) groups is 1. The molecule has 0 aliphatic carbocycles. The summed E-state index contributed by atoms with van der Waals surface area (Å²) in [4.78, 5) is 12.4. The molecule has 136 valence electrons. The predicted octanol–water partition coefficient (Wildman–Crippen LogP) is 6.16. The van der Waals surface area contributed by atoms with Crippen molar-refractivity contribution in [3.8, 4) is 0 Å². The minimum absolute atomic E-state index is 0.154. The van der Waals surface area contributed by atoms with E-state index in [-0.39, 0.29) is 5.76 Å². The van der Waals surface area contributed by atoms with Gasteiger partial charge in [0.25, 0.3) is 0 Å². The summed E-state index contributed by atoms with van der Waals surface area (Å²) in [6.07, 6.45) is 1.11. The van der Waals surface area contributed by atoms with Crippen molar-refractivity contribution in [2.75, 3.05) is 0 Å². The number of hydrogen-bond donors (Lipinski definition) is 0. The van der Waals surface area contributed by atoms with Crippen molar-refractivity contribution < 1.29 is 18.1 Å². The summed E-state index contributed by atoms with van der Waals surface area (Å²) in [6.45, 7) is 0. The third-order valence-corrected chi connectivity index (χ3v) is 4.53. The van der Waals surface area contributed by atoms with Crippen molar-refractivity contribution in [1.29, 1.82) is 0 Å². The van der Waals surface area contributed by atoms with Crippen molar-refractivity contribution in [3.63, 3.8) is 0 Å². The van der Waals surface area contributed by atoms with Gasteiger partial charge in [-0.25, -0.2) is 8.63 Å². The fourth-order valence-corrected chi connectivity index (χ4v) is 3.18. The zero-order valence-corrected chi connectivity index (χ0v) is 14.8. The molecule has 0 fully saturated rings. The maximum atomic E-state index is 13.0. The standard InChI is InChI=1S/C23H15BF2O2/c25-24(26)28-23(15-22(27)16-6-2-1-3-7-16)20-11-10-19-12-17-8-4-5-9-18(17)13-21(19)14-20/h1-15H/b23-15-. The zero-order valence-electron chi connectivity index (χ0n) is 14.8. The van der Waals surface area contributed by atoms with Crippen molar-refractivity contribution in [3.05, 3.63) is 102 Å². The molecule has 0 saturated carbocycles. The molecule has 4 aromatic rings. The van der Waals surface area contributed by atoms with Crippen molar-refractivity contribution in [1.82, 2.24) is 0 Å². The molecule has 4 aromatic carbocycles. The van der Waals surface area contributed by atoms with Gasteiger partial charge in [-0.3, -0.25) is 4.79 Å². The molecule has 4 rings (SSSR count). The SMILES string of the molecule is O=C(/C=C(\OB(F)F)c1ccc2cc3ccccc3cc2c1)c1ccccc1. The van der Waals surface area contributed by atoms with E-state index in [9.17, 15) is 13.4 Å². The van der Waals surface area contributed by atoms with E-state index >= 15 is 0 Å². The Morgan fingerprint density at radius 2 is 1.32 bits per heavy atom. The largest absolute Gasteiger partial charge is 0.796 e. The van der Waals surface area contributed by atoms with Gasteiger partial charge in [-0.15, -0.1) is 0 Å². The Kier molecular flexibility index (Phi) is 4.89. The lowest BCUT2D eigenvalue weighted by Gasteiger charge is -2.10. The number of ketones is 1. The van der Waals surface area contributed by atoms with Crippen LogP contribution in [0.2, 0.25) is 0 Å². The van der Waals surface area contributed by atoms with E-state index in [0.717, 1.165) is 27.6 Å². The number of halogens is 2. The number of fused-ring (bicyclic) bond motifs is 2. The van der Waals surface area contributed by atoms with Crippen LogP contribution in [0, 0.1) is 0 Å². The van der Waals surface area contributed by atoms with E-state index in [1.54, 1.807) is 42.5 Å². The molecule has 0 heterocycles. The predicted molar refractivity (Wildman–Crippen MR) is 109 cm³/mol. The van der Waals surface area contributed by atoms with Crippen LogP contribution in [-0.4, -0.2) is 13.3 Å². The molecule has 0 aliphatic rings. The van der Waals surface area contributed by atoms with Gasteiger partial charge in [-0.05, 0) is 39.7 Å². The smallest absolute Gasteiger partial charge is 0.505 e. The summed E-state index contributed by atoms with van der Waals surface area (Å²) < 4.78 is 30.6. The van der Waals surface area contributed by atoms with E-state index in [2.05, 4.69) is 4.65 Å². The second kappa shape index (κ2) is 7.65. The van der Waals surface area contributed by atoms with E-state index < -0.39 is 13.3 Å². The summed E-state index contributed by atoms with van der Waals surface area (Å²) in [5, 5.41) is 4.01. The second-order valence-corrected chi connectivity index (χ2v) is 6.38. The van der Waals surface area contributed by atoms with E-state index in [4.69, 9.17) is 0 Å². The Labute approximate surface area is 161 Å². The third kappa shape index (κ3) is 3.79. The van der Waals surface area contributed by atoms with Crippen LogP contribution in [0.5, 0.6) is 0 Å². The number of hydrogen-bond acceptors (Lipinski definition) is 2. The minimum atomic E-state index is -3.03. The van der Waals surface area contributed by atoms with Crippen molar-refractivity contribution in [2.24, 2.45) is 0 Å². The van der Waals surface area contributed by atoms with Crippen molar-refractivity contribution >= 4 is 40.6 Å². The normalized spacial score (nSPS) is 11.6. The summed E-state index contributed by atoms with van der Waals surface area (Å²) in [6, 6.07) is 25.7. The average Bonchev–Trinajstić information content (AvgIpc) is 2.71. The van der Waals surface area contributed by atoms with Gasteiger partial charge >= 0.3 is 7.47 Å². The molecule has 0 aromatic heterocycles. The maximum Gasteiger partial charge on any atom is 0.796 e. The highest BCUT2D eigenvalue weighted by molar-refractivity contribution is 6.36. The Morgan fingerprint density at radius 3 is 2.00 bits per heavy atom. The average molecular weight is 372 g/mol. The van der Waals surface area contributed by atoms with Crippen LogP contribution in [-0.2, 0) is 4.65 Å². The topological polar surface area (TPSA) is 26.3 Å². The van der Waals surface area contributed by atoms with Crippen LogP contribution < -0.4 is 0 Å².